The maximum absolute atomic E-state index is 6.15. The van der Waals surface area contributed by atoms with Gasteiger partial charge in [0.15, 0.2) is 0 Å². The van der Waals surface area contributed by atoms with Crippen LogP contribution in [0.4, 0.5) is 0 Å². The van der Waals surface area contributed by atoms with E-state index >= 15 is 0 Å². The molecule has 0 amide bonds. The van der Waals surface area contributed by atoms with Crippen LogP contribution in [-0.2, 0) is 6.42 Å². The second kappa shape index (κ2) is 5.72. The minimum absolute atomic E-state index is 0.0108. The van der Waals surface area contributed by atoms with E-state index in [4.69, 9.17) is 23.2 Å². The van der Waals surface area contributed by atoms with E-state index < -0.39 is 0 Å². The van der Waals surface area contributed by atoms with Gasteiger partial charge in [0.05, 0.1) is 0 Å². The monoisotopic (exact) mass is 257 g/mol. The lowest BCUT2D eigenvalue weighted by Gasteiger charge is -2.26. The first-order chi connectivity index (χ1) is 7.50. The van der Waals surface area contributed by atoms with Crippen LogP contribution in [0.25, 0.3) is 0 Å². The molecule has 0 aliphatic rings. The Balaban J connectivity index is 2.93. The van der Waals surface area contributed by atoms with Crippen LogP contribution in [-0.4, -0.2) is 13.6 Å². The lowest BCUT2D eigenvalue weighted by atomic mass is 9.83. The number of hydrogen-bond acceptors (Lipinski definition) is 1. The predicted molar refractivity (Wildman–Crippen MR) is 72.4 cm³/mol. The summed E-state index contributed by atoms with van der Waals surface area (Å²) in [5, 5.41) is 4.64. The summed E-state index contributed by atoms with van der Waals surface area (Å²) in [7, 11) is 1.93. The van der Waals surface area contributed by atoms with E-state index in [1.54, 1.807) is 6.07 Å². The van der Waals surface area contributed by atoms with Crippen molar-refractivity contribution in [3.8, 4) is 0 Å². The standard InChI is InChI=1S/C13H17Cl2N/c1-4-13(2,9-16-3)8-10-7-11(14)5-6-12(10)15/h4-7,16H,1,8-9H2,2-3H3. The Labute approximate surface area is 107 Å². The molecular formula is C13H17Cl2N. The molecule has 0 saturated carbocycles. The van der Waals surface area contributed by atoms with Crippen molar-refractivity contribution in [2.24, 2.45) is 5.41 Å². The first-order valence-electron chi connectivity index (χ1n) is 5.23. The Morgan fingerprint density at radius 1 is 1.44 bits per heavy atom. The minimum atomic E-state index is -0.0108. The highest BCUT2D eigenvalue weighted by Crippen LogP contribution is 2.29. The van der Waals surface area contributed by atoms with Gasteiger partial charge in [0.25, 0.3) is 0 Å². The summed E-state index contributed by atoms with van der Waals surface area (Å²) in [4.78, 5) is 0. The van der Waals surface area contributed by atoms with Crippen molar-refractivity contribution in [3.63, 3.8) is 0 Å². The zero-order valence-corrected chi connectivity index (χ0v) is 11.2. The Bertz CT molecular complexity index is 376. The molecule has 0 fully saturated rings. The summed E-state index contributed by atoms with van der Waals surface area (Å²) < 4.78 is 0. The highest BCUT2D eigenvalue weighted by atomic mass is 35.5. The molecule has 3 heteroatoms. The molecular weight excluding hydrogens is 241 g/mol. The Morgan fingerprint density at radius 2 is 2.12 bits per heavy atom. The topological polar surface area (TPSA) is 12.0 Å². The van der Waals surface area contributed by atoms with Crippen molar-refractivity contribution in [1.82, 2.24) is 5.32 Å². The second-order valence-corrected chi connectivity index (χ2v) is 5.14. The van der Waals surface area contributed by atoms with Crippen molar-refractivity contribution < 1.29 is 0 Å². The van der Waals surface area contributed by atoms with E-state index in [1.807, 2.05) is 25.3 Å². The van der Waals surface area contributed by atoms with Crippen molar-refractivity contribution in [3.05, 3.63) is 46.5 Å². The molecule has 1 unspecified atom stereocenters. The molecule has 0 spiro atoms. The number of benzene rings is 1. The fourth-order valence-corrected chi connectivity index (χ4v) is 2.10. The average molecular weight is 258 g/mol. The molecule has 1 aromatic carbocycles. The van der Waals surface area contributed by atoms with Crippen molar-refractivity contribution in [2.45, 2.75) is 13.3 Å². The van der Waals surface area contributed by atoms with Gasteiger partial charge < -0.3 is 5.32 Å². The number of halogens is 2. The lowest BCUT2D eigenvalue weighted by molar-refractivity contribution is 0.406. The summed E-state index contributed by atoms with van der Waals surface area (Å²) in [5.74, 6) is 0. The molecule has 0 aromatic heterocycles. The van der Waals surface area contributed by atoms with E-state index in [0.29, 0.717) is 0 Å². The zero-order valence-electron chi connectivity index (χ0n) is 9.69. The summed E-state index contributed by atoms with van der Waals surface area (Å²) >= 11 is 12.1. The largest absolute Gasteiger partial charge is 0.319 e. The number of rotatable bonds is 5. The molecule has 88 valence electrons. The molecule has 0 aliphatic carbocycles. The third-order valence-electron chi connectivity index (χ3n) is 2.68. The molecule has 0 saturated heterocycles. The quantitative estimate of drug-likeness (QED) is 0.788. The van der Waals surface area contributed by atoms with Gasteiger partial charge in [-0.05, 0) is 37.2 Å². The number of hydrogen-bond donors (Lipinski definition) is 1. The van der Waals surface area contributed by atoms with E-state index in [1.165, 1.54) is 0 Å². The second-order valence-electron chi connectivity index (χ2n) is 4.30. The summed E-state index contributed by atoms with van der Waals surface area (Å²) in [6, 6.07) is 5.56. The molecule has 0 aliphatic heterocycles. The molecule has 1 N–H and O–H groups in total. The van der Waals surface area contributed by atoms with Gasteiger partial charge in [-0.3, -0.25) is 0 Å². The van der Waals surface area contributed by atoms with Crippen LogP contribution in [0.3, 0.4) is 0 Å². The van der Waals surface area contributed by atoms with E-state index in [2.05, 4.69) is 18.8 Å². The molecule has 1 nitrogen and oxygen atoms in total. The van der Waals surface area contributed by atoms with E-state index in [-0.39, 0.29) is 5.41 Å². The molecule has 1 aromatic rings. The molecule has 0 heterocycles. The smallest absolute Gasteiger partial charge is 0.0439 e. The first-order valence-corrected chi connectivity index (χ1v) is 5.98. The van der Waals surface area contributed by atoms with Crippen LogP contribution < -0.4 is 5.32 Å². The van der Waals surface area contributed by atoms with Crippen LogP contribution in [0.1, 0.15) is 12.5 Å². The van der Waals surface area contributed by atoms with E-state index in [0.717, 1.165) is 28.6 Å². The Hall–Kier alpha value is -0.500. The fourth-order valence-electron chi connectivity index (χ4n) is 1.72. The van der Waals surface area contributed by atoms with Crippen molar-refractivity contribution >= 4 is 23.2 Å². The van der Waals surface area contributed by atoms with Gasteiger partial charge in [0.1, 0.15) is 0 Å². The molecule has 16 heavy (non-hydrogen) atoms. The molecule has 1 rings (SSSR count). The third-order valence-corrected chi connectivity index (χ3v) is 3.28. The number of nitrogens with one attached hydrogen (secondary N) is 1. The minimum Gasteiger partial charge on any atom is -0.319 e. The normalized spacial score (nSPS) is 14.5. The first kappa shape index (κ1) is 13.6. The average Bonchev–Trinajstić information content (AvgIpc) is 2.24. The highest BCUT2D eigenvalue weighted by Gasteiger charge is 2.21. The van der Waals surface area contributed by atoms with Gasteiger partial charge in [-0.1, -0.05) is 36.2 Å². The molecule has 0 bridgehead atoms. The van der Waals surface area contributed by atoms with Gasteiger partial charge in [-0.2, -0.15) is 0 Å². The third kappa shape index (κ3) is 3.51. The highest BCUT2D eigenvalue weighted by molar-refractivity contribution is 6.33. The van der Waals surface area contributed by atoms with Gasteiger partial charge in [0.2, 0.25) is 0 Å². The SMILES string of the molecule is C=CC(C)(CNC)Cc1cc(Cl)ccc1Cl. The van der Waals surface area contributed by atoms with Gasteiger partial charge in [-0.15, -0.1) is 6.58 Å². The van der Waals surface area contributed by atoms with Crippen LogP contribution in [0.15, 0.2) is 30.9 Å². The van der Waals surface area contributed by atoms with Crippen molar-refractivity contribution in [2.75, 3.05) is 13.6 Å². The van der Waals surface area contributed by atoms with Crippen LogP contribution in [0.2, 0.25) is 10.0 Å². The van der Waals surface area contributed by atoms with Crippen molar-refractivity contribution in [1.29, 1.82) is 0 Å². The summed E-state index contributed by atoms with van der Waals surface area (Å²) in [6.45, 7) is 6.89. The molecule has 0 radical (unpaired) electrons. The Morgan fingerprint density at radius 3 is 2.69 bits per heavy atom. The maximum Gasteiger partial charge on any atom is 0.0439 e. The van der Waals surface area contributed by atoms with Gasteiger partial charge in [0, 0.05) is 22.0 Å². The fraction of sp³-hybridized carbons (Fsp3) is 0.385. The van der Waals surface area contributed by atoms with Crippen LogP contribution in [0.5, 0.6) is 0 Å². The summed E-state index contributed by atoms with van der Waals surface area (Å²) in [6.07, 6.45) is 2.79. The predicted octanol–water partition coefficient (Wildman–Crippen LogP) is 3.95. The van der Waals surface area contributed by atoms with Crippen LogP contribution >= 0.6 is 23.2 Å². The molecule has 1 atom stereocenters. The summed E-state index contributed by atoms with van der Waals surface area (Å²) in [5.41, 5.74) is 1.05. The van der Waals surface area contributed by atoms with Gasteiger partial charge >= 0.3 is 0 Å². The Kier molecular flexibility index (Phi) is 4.85. The maximum atomic E-state index is 6.15. The lowest BCUT2D eigenvalue weighted by Crippen LogP contribution is -2.29. The van der Waals surface area contributed by atoms with E-state index in [9.17, 15) is 0 Å². The zero-order chi connectivity index (χ0) is 12.2. The van der Waals surface area contributed by atoms with Gasteiger partial charge in [-0.25, -0.2) is 0 Å². The van der Waals surface area contributed by atoms with Crippen LogP contribution in [0, 0.1) is 5.41 Å².